The van der Waals surface area contributed by atoms with E-state index in [1.54, 1.807) is 18.1 Å². The van der Waals surface area contributed by atoms with Gasteiger partial charge in [0.1, 0.15) is 5.69 Å². The van der Waals surface area contributed by atoms with Gasteiger partial charge in [0, 0.05) is 56.3 Å². The Bertz CT molecular complexity index is 1220. The molecule has 6 nitrogen and oxygen atoms in total. The molecule has 0 unspecified atom stereocenters. The highest BCUT2D eigenvalue weighted by Gasteiger charge is 2.14. The largest absolute Gasteiger partial charge is 0.371 e. The maximum absolute atomic E-state index is 12.6. The third-order valence-electron chi connectivity index (χ3n) is 5.63. The van der Waals surface area contributed by atoms with E-state index in [1.807, 2.05) is 18.3 Å². The lowest BCUT2D eigenvalue weighted by atomic mass is 10.00. The topological polar surface area (TPSA) is 62.2 Å². The molecular weight excluding hydrogens is 398 g/mol. The molecule has 2 aromatic heterocycles. The summed E-state index contributed by atoms with van der Waals surface area (Å²) < 4.78 is 0. The molecule has 2 heterocycles. The standard InChI is InChI=1S/C26H27N5O/c1-4-31(5-2)25-11-12-28-23-10-9-21(16-22(23)25)20-8-6-7-19(15-20)18-30(3)26(32)24-17-27-13-14-29-24/h6-17H,4-5,18H2,1-3H3. The van der Waals surface area contributed by atoms with Gasteiger partial charge in [-0.25, -0.2) is 4.98 Å². The number of nitrogens with zero attached hydrogens (tertiary/aromatic N) is 5. The maximum atomic E-state index is 12.6. The number of anilines is 1. The van der Waals surface area contributed by atoms with E-state index in [2.05, 4.69) is 70.1 Å². The van der Waals surface area contributed by atoms with E-state index < -0.39 is 0 Å². The molecule has 0 saturated carbocycles. The van der Waals surface area contributed by atoms with Crippen LogP contribution in [0.5, 0.6) is 0 Å². The van der Waals surface area contributed by atoms with Gasteiger partial charge in [-0.15, -0.1) is 0 Å². The summed E-state index contributed by atoms with van der Waals surface area (Å²) in [4.78, 5) is 29.3. The summed E-state index contributed by atoms with van der Waals surface area (Å²) in [6.07, 6.45) is 6.46. The van der Waals surface area contributed by atoms with Crippen molar-refractivity contribution in [3.05, 3.63) is 84.6 Å². The van der Waals surface area contributed by atoms with Gasteiger partial charge in [-0.05, 0) is 54.8 Å². The van der Waals surface area contributed by atoms with Crippen LogP contribution < -0.4 is 4.90 Å². The van der Waals surface area contributed by atoms with Crippen molar-refractivity contribution in [2.45, 2.75) is 20.4 Å². The fourth-order valence-corrected chi connectivity index (χ4v) is 3.95. The van der Waals surface area contributed by atoms with E-state index in [0.29, 0.717) is 12.2 Å². The molecule has 0 fully saturated rings. The van der Waals surface area contributed by atoms with E-state index in [9.17, 15) is 4.79 Å². The van der Waals surface area contributed by atoms with Crippen LogP contribution in [0.15, 0.2) is 73.3 Å². The van der Waals surface area contributed by atoms with Crippen molar-refractivity contribution >= 4 is 22.5 Å². The summed E-state index contributed by atoms with van der Waals surface area (Å²) in [7, 11) is 1.78. The van der Waals surface area contributed by atoms with E-state index in [0.717, 1.165) is 40.7 Å². The predicted octanol–water partition coefficient (Wildman–Crippen LogP) is 4.81. The molecule has 0 radical (unpaired) electrons. The Balaban J connectivity index is 1.63. The summed E-state index contributed by atoms with van der Waals surface area (Å²) in [5.41, 5.74) is 5.83. The minimum atomic E-state index is -0.149. The Morgan fingerprint density at radius 2 is 1.72 bits per heavy atom. The number of carbonyl (C=O) groups is 1. The van der Waals surface area contributed by atoms with Crippen molar-refractivity contribution in [3.8, 4) is 11.1 Å². The number of pyridine rings is 1. The van der Waals surface area contributed by atoms with Crippen LogP contribution in [-0.4, -0.2) is 45.9 Å². The molecule has 2 aromatic carbocycles. The Morgan fingerprint density at radius 1 is 0.906 bits per heavy atom. The Labute approximate surface area is 188 Å². The van der Waals surface area contributed by atoms with Crippen LogP contribution in [0.2, 0.25) is 0 Å². The van der Waals surface area contributed by atoms with Gasteiger partial charge in [0.25, 0.3) is 5.91 Å². The first-order valence-corrected chi connectivity index (χ1v) is 10.8. The molecule has 1 amide bonds. The van der Waals surface area contributed by atoms with Crippen LogP contribution >= 0.6 is 0 Å². The number of amides is 1. The van der Waals surface area contributed by atoms with Crippen molar-refractivity contribution < 1.29 is 4.79 Å². The van der Waals surface area contributed by atoms with Crippen LogP contribution in [0.1, 0.15) is 29.9 Å². The monoisotopic (exact) mass is 425 g/mol. The fourth-order valence-electron chi connectivity index (χ4n) is 3.95. The van der Waals surface area contributed by atoms with Crippen LogP contribution in [0.25, 0.3) is 22.0 Å². The minimum absolute atomic E-state index is 0.149. The second kappa shape index (κ2) is 9.56. The molecule has 32 heavy (non-hydrogen) atoms. The number of hydrogen-bond acceptors (Lipinski definition) is 5. The Hall–Kier alpha value is -3.80. The number of fused-ring (bicyclic) bond motifs is 1. The number of carbonyl (C=O) groups excluding carboxylic acids is 1. The summed E-state index contributed by atoms with van der Waals surface area (Å²) >= 11 is 0. The molecule has 0 atom stereocenters. The van der Waals surface area contributed by atoms with E-state index in [-0.39, 0.29) is 5.91 Å². The molecule has 4 rings (SSSR count). The Kier molecular flexibility index (Phi) is 6.40. The number of hydrogen-bond donors (Lipinski definition) is 0. The summed E-state index contributed by atoms with van der Waals surface area (Å²) in [5.74, 6) is -0.149. The predicted molar refractivity (Wildman–Crippen MR) is 129 cm³/mol. The van der Waals surface area contributed by atoms with E-state index in [1.165, 1.54) is 18.1 Å². The molecular formula is C26H27N5O. The van der Waals surface area contributed by atoms with Gasteiger partial charge in [0.15, 0.2) is 0 Å². The SMILES string of the molecule is CCN(CC)c1ccnc2ccc(-c3cccc(CN(C)C(=O)c4cnccn4)c3)cc12. The van der Waals surface area contributed by atoms with Crippen molar-refractivity contribution in [2.75, 3.05) is 25.0 Å². The lowest BCUT2D eigenvalue weighted by Gasteiger charge is -2.23. The molecule has 6 heteroatoms. The molecule has 0 N–H and O–H groups in total. The molecule has 162 valence electrons. The van der Waals surface area contributed by atoms with Gasteiger partial charge in [-0.2, -0.15) is 0 Å². The number of rotatable bonds is 7. The van der Waals surface area contributed by atoms with Gasteiger partial charge in [0.05, 0.1) is 11.7 Å². The first-order chi connectivity index (χ1) is 15.6. The van der Waals surface area contributed by atoms with Gasteiger partial charge in [-0.3, -0.25) is 14.8 Å². The fraction of sp³-hybridized carbons (Fsp3) is 0.231. The molecule has 0 spiro atoms. The van der Waals surface area contributed by atoms with Crippen LogP contribution in [0.3, 0.4) is 0 Å². The smallest absolute Gasteiger partial charge is 0.274 e. The Morgan fingerprint density at radius 3 is 2.47 bits per heavy atom. The van der Waals surface area contributed by atoms with Crippen molar-refractivity contribution in [3.63, 3.8) is 0 Å². The average molecular weight is 426 g/mol. The van der Waals surface area contributed by atoms with Crippen LogP contribution in [0, 0.1) is 0 Å². The van der Waals surface area contributed by atoms with Crippen molar-refractivity contribution in [2.24, 2.45) is 0 Å². The lowest BCUT2D eigenvalue weighted by Crippen LogP contribution is -2.27. The first-order valence-electron chi connectivity index (χ1n) is 10.8. The van der Waals surface area contributed by atoms with Crippen molar-refractivity contribution in [1.29, 1.82) is 0 Å². The van der Waals surface area contributed by atoms with Crippen molar-refractivity contribution in [1.82, 2.24) is 19.9 Å². The molecule has 0 aliphatic heterocycles. The zero-order chi connectivity index (χ0) is 22.5. The van der Waals surface area contributed by atoms with Gasteiger partial charge in [0.2, 0.25) is 0 Å². The average Bonchev–Trinajstić information content (AvgIpc) is 2.85. The van der Waals surface area contributed by atoms with Gasteiger partial charge < -0.3 is 9.80 Å². The van der Waals surface area contributed by atoms with Gasteiger partial charge >= 0.3 is 0 Å². The molecule has 0 aliphatic carbocycles. The summed E-state index contributed by atoms with van der Waals surface area (Å²) in [5, 5.41) is 1.15. The zero-order valence-corrected chi connectivity index (χ0v) is 18.7. The number of aromatic nitrogens is 3. The second-order valence-corrected chi connectivity index (χ2v) is 7.69. The zero-order valence-electron chi connectivity index (χ0n) is 18.7. The quantitative estimate of drug-likeness (QED) is 0.425. The first kappa shape index (κ1) is 21.4. The lowest BCUT2D eigenvalue weighted by molar-refractivity contribution is 0.0779. The molecule has 4 aromatic rings. The highest BCUT2D eigenvalue weighted by Crippen LogP contribution is 2.30. The van der Waals surface area contributed by atoms with E-state index in [4.69, 9.17) is 0 Å². The summed E-state index contributed by atoms with van der Waals surface area (Å²) in [6.45, 7) is 6.72. The van der Waals surface area contributed by atoms with Crippen LogP contribution in [-0.2, 0) is 6.54 Å². The second-order valence-electron chi connectivity index (χ2n) is 7.69. The highest BCUT2D eigenvalue weighted by molar-refractivity contribution is 5.95. The molecule has 0 saturated heterocycles. The minimum Gasteiger partial charge on any atom is -0.371 e. The third-order valence-corrected chi connectivity index (χ3v) is 5.63. The normalized spacial score (nSPS) is 10.8. The molecule has 0 bridgehead atoms. The van der Waals surface area contributed by atoms with Crippen LogP contribution in [0.4, 0.5) is 5.69 Å². The van der Waals surface area contributed by atoms with Gasteiger partial charge in [-0.1, -0.05) is 24.3 Å². The molecule has 0 aliphatic rings. The third kappa shape index (κ3) is 4.44. The highest BCUT2D eigenvalue weighted by atomic mass is 16.2. The summed E-state index contributed by atoms with van der Waals surface area (Å²) in [6, 6.07) is 16.8. The maximum Gasteiger partial charge on any atom is 0.274 e. The van der Waals surface area contributed by atoms with E-state index >= 15 is 0 Å². The number of benzene rings is 2.